The SMILES string of the molecule is CCc1cnc(C(C)NS(=O)(=O)c2sc(N)nc2C)s1. The fraction of sp³-hybridized carbons (Fsp3) is 0.455. The molecule has 2 heterocycles. The van der Waals surface area contributed by atoms with Crippen molar-refractivity contribution in [1.29, 1.82) is 0 Å². The number of aryl methyl sites for hydroxylation is 2. The van der Waals surface area contributed by atoms with Gasteiger partial charge in [-0.2, -0.15) is 0 Å². The van der Waals surface area contributed by atoms with E-state index in [1.54, 1.807) is 20.0 Å². The summed E-state index contributed by atoms with van der Waals surface area (Å²) >= 11 is 2.48. The molecule has 20 heavy (non-hydrogen) atoms. The fourth-order valence-electron chi connectivity index (χ4n) is 1.67. The molecule has 6 nitrogen and oxygen atoms in total. The molecule has 0 spiro atoms. The van der Waals surface area contributed by atoms with E-state index in [2.05, 4.69) is 14.7 Å². The van der Waals surface area contributed by atoms with Crippen molar-refractivity contribution < 1.29 is 8.42 Å². The highest BCUT2D eigenvalue weighted by atomic mass is 32.2. The van der Waals surface area contributed by atoms with Crippen molar-refractivity contribution in [3.05, 3.63) is 21.8 Å². The van der Waals surface area contributed by atoms with Gasteiger partial charge in [0.15, 0.2) is 9.34 Å². The normalized spacial score (nSPS) is 13.6. The Balaban J connectivity index is 2.21. The maximum Gasteiger partial charge on any atom is 0.252 e. The molecule has 0 radical (unpaired) electrons. The quantitative estimate of drug-likeness (QED) is 0.873. The summed E-state index contributed by atoms with van der Waals surface area (Å²) in [6.07, 6.45) is 2.67. The van der Waals surface area contributed by atoms with Gasteiger partial charge in [0.1, 0.15) is 5.01 Å². The number of sulfonamides is 1. The van der Waals surface area contributed by atoms with Crippen molar-refractivity contribution in [2.45, 2.75) is 37.4 Å². The van der Waals surface area contributed by atoms with Gasteiger partial charge < -0.3 is 5.73 Å². The zero-order valence-corrected chi connectivity index (χ0v) is 13.8. The van der Waals surface area contributed by atoms with Crippen LogP contribution in [0.3, 0.4) is 0 Å². The van der Waals surface area contributed by atoms with Gasteiger partial charge in [0.05, 0.1) is 11.7 Å². The molecule has 2 rings (SSSR count). The van der Waals surface area contributed by atoms with Gasteiger partial charge in [0, 0.05) is 11.1 Å². The first-order valence-electron chi connectivity index (χ1n) is 6.03. The van der Waals surface area contributed by atoms with Crippen LogP contribution in [0.25, 0.3) is 0 Å². The molecule has 110 valence electrons. The molecule has 3 N–H and O–H groups in total. The third kappa shape index (κ3) is 3.17. The predicted octanol–water partition coefficient (Wildman–Crippen LogP) is 2.09. The average molecular weight is 332 g/mol. The van der Waals surface area contributed by atoms with Gasteiger partial charge in [-0.25, -0.2) is 23.1 Å². The summed E-state index contributed by atoms with van der Waals surface area (Å²) in [7, 11) is -3.62. The Bertz CT molecular complexity index is 705. The van der Waals surface area contributed by atoms with Gasteiger partial charge in [-0.05, 0) is 20.3 Å². The van der Waals surface area contributed by atoms with E-state index >= 15 is 0 Å². The number of nitrogens with two attached hydrogens (primary N) is 1. The molecule has 0 fully saturated rings. The maximum atomic E-state index is 12.3. The lowest BCUT2D eigenvalue weighted by molar-refractivity contribution is 0.567. The van der Waals surface area contributed by atoms with E-state index in [1.165, 1.54) is 11.3 Å². The number of nitrogens with zero attached hydrogens (tertiary/aromatic N) is 2. The molecule has 0 saturated carbocycles. The summed E-state index contributed by atoms with van der Waals surface area (Å²) in [4.78, 5) is 9.31. The number of thiazole rings is 2. The number of nitrogens with one attached hydrogen (secondary N) is 1. The first-order chi connectivity index (χ1) is 9.33. The van der Waals surface area contributed by atoms with Gasteiger partial charge in [0.25, 0.3) is 10.0 Å². The van der Waals surface area contributed by atoms with E-state index in [0.717, 1.165) is 27.6 Å². The van der Waals surface area contributed by atoms with Gasteiger partial charge in [-0.3, -0.25) is 0 Å². The molecule has 9 heteroatoms. The van der Waals surface area contributed by atoms with Crippen molar-refractivity contribution in [2.24, 2.45) is 0 Å². The molecule has 1 unspecified atom stereocenters. The number of hydrogen-bond acceptors (Lipinski definition) is 7. The van der Waals surface area contributed by atoms with Crippen LogP contribution in [0.5, 0.6) is 0 Å². The number of anilines is 1. The summed E-state index contributed by atoms with van der Waals surface area (Å²) in [6.45, 7) is 5.44. The third-order valence-corrected chi connectivity index (χ3v) is 7.10. The van der Waals surface area contributed by atoms with Crippen molar-refractivity contribution >= 4 is 37.8 Å². The lowest BCUT2D eigenvalue weighted by Crippen LogP contribution is -2.26. The maximum absolute atomic E-state index is 12.3. The van der Waals surface area contributed by atoms with Crippen LogP contribution in [0.1, 0.15) is 35.5 Å². The number of nitrogen functional groups attached to an aromatic ring is 1. The minimum atomic E-state index is -3.62. The van der Waals surface area contributed by atoms with Crippen LogP contribution in [0.2, 0.25) is 0 Å². The summed E-state index contributed by atoms with van der Waals surface area (Å²) < 4.78 is 27.4. The lowest BCUT2D eigenvalue weighted by Gasteiger charge is -2.10. The van der Waals surface area contributed by atoms with E-state index < -0.39 is 10.0 Å². The van der Waals surface area contributed by atoms with Crippen LogP contribution in [0.4, 0.5) is 5.13 Å². The van der Waals surface area contributed by atoms with Gasteiger partial charge >= 0.3 is 0 Å². The van der Waals surface area contributed by atoms with Crippen LogP contribution in [0, 0.1) is 6.92 Å². The molecule has 0 amide bonds. The summed E-state index contributed by atoms with van der Waals surface area (Å²) in [5.41, 5.74) is 5.96. The van der Waals surface area contributed by atoms with Crippen LogP contribution in [-0.4, -0.2) is 18.4 Å². The van der Waals surface area contributed by atoms with Gasteiger partial charge in [-0.1, -0.05) is 18.3 Å². The van der Waals surface area contributed by atoms with Crippen molar-refractivity contribution in [3.8, 4) is 0 Å². The number of rotatable bonds is 5. The average Bonchev–Trinajstić information content (AvgIpc) is 2.95. The van der Waals surface area contributed by atoms with E-state index in [-0.39, 0.29) is 15.4 Å². The highest BCUT2D eigenvalue weighted by Crippen LogP contribution is 2.27. The van der Waals surface area contributed by atoms with Crippen molar-refractivity contribution in [1.82, 2.24) is 14.7 Å². The van der Waals surface area contributed by atoms with Gasteiger partial charge in [-0.15, -0.1) is 11.3 Å². The zero-order chi connectivity index (χ0) is 14.9. The summed E-state index contributed by atoms with van der Waals surface area (Å²) in [5, 5.41) is 0.999. The number of aromatic nitrogens is 2. The molecule has 0 aliphatic heterocycles. The van der Waals surface area contributed by atoms with E-state index in [4.69, 9.17) is 5.73 Å². The smallest absolute Gasteiger partial charge is 0.252 e. The Morgan fingerprint density at radius 1 is 1.45 bits per heavy atom. The standard InChI is InChI=1S/C11H16N4O2S3/c1-4-8-5-13-9(18-8)6(2)15-20(16,17)10-7(3)14-11(12)19-10/h5-6,15H,4H2,1-3H3,(H2,12,14). The van der Waals surface area contributed by atoms with Crippen LogP contribution < -0.4 is 10.5 Å². The molecule has 1 atom stereocenters. The Morgan fingerprint density at radius 3 is 2.65 bits per heavy atom. The first kappa shape index (κ1) is 15.4. The topological polar surface area (TPSA) is 98.0 Å². The lowest BCUT2D eigenvalue weighted by atomic mass is 10.4. The minimum absolute atomic E-state index is 0.161. The summed E-state index contributed by atoms with van der Waals surface area (Å²) in [6, 6.07) is -0.381. The van der Waals surface area contributed by atoms with Gasteiger partial charge in [0.2, 0.25) is 0 Å². The molecular formula is C11H16N4O2S3. The predicted molar refractivity (Wildman–Crippen MR) is 81.5 cm³/mol. The van der Waals surface area contributed by atoms with Crippen LogP contribution in [0.15, 0.2) is 10.4 Å². The van der Waals surface area contributed by atoms with Crippen LogP contribution in [-0.2, 0) is 16.4 Å². The Morgan fingerprint density at radius 2 is 2.15 bits per heavy atom. The second-order valence-electron chi connectivity index (χ2n) is 4.29. The monoisotopic (exact) mass is 332 g/mol. The highest BCUT2D eigenvalue weighted by molar-refractivity contribution is 7.91. The molecule has 0 bridgehead atoms. The second-order valence-corrected chi connectivity index (χ2v) is 8.37. The third-order valence-electron chi connectivity index (χ3n) is 2.64. The van der Waals surface area contributed by atoms with Crippen molar-refractivity contribution in [2.75, 3.05) is 5.73 Å². The second kappa shape index (κ2) is 5.76. The van der Waals surface area contributed by atoms with E-state index in [9.17, 15) is 8.42 Å². The molecule has 2 aromatic heterocycles. The van der Waals surface area contributed by atoms with E-state index in [0.29, 0.717) is 5.69 Å². The Labute approximate surface area is 126 Å². The van der Waals surface area contributed by atoms with E-state index in [1.807, 2.05) is 6.92 Å². The molecule has 0 aliphatic rings. The molecule has 0 aliphatic carbocycles. The Kier molecular flexibility index (Phi) is 4.43. The molecule has 0 saturated heterocycles. The number of hydrogen-bond donors (Lipinski definition) is 2. The summed E-state index contributed by atoms with van der Waals surface area (Å²) in [5.74, 6) is 0. The fourth-order valence-corrected chi connectivity index (χ4v) is 5.13. The molecule has 0 aromatic carbocycles. The Hall–Kier alpha value is -1.03. The molecular weight excluding hydrogens is 316 g/mol. The largest absolute Gasteiger partial charge is 0.375 e. The highest BCUT2D eigenvalue weighted by Gasteiger charge is 2.24. The first-order valence-corrected chi connectivity index (χ1v) is 9.15. The van der Waals surface area contributed by atoms with Crippen LogP contribution >= 0.6 is 22.7 Å². The molecule has 2 aromatic rings. The zero-order valence-electron chi connectivity index (χ0n) is 11.4. The van der Waals surface area contributed by atoms with Crippen molar-refractivity contribution in [3.63, 3.8) is 0 Å². The minimum Gasteiger partial charge on any atom is -0.375 e.